The van der Waals surface area contributed by atoms with Gasteiger partial charge in [0.2, 0.25) is 5.91 Å². The zero-order valence-electron chi connectivity index (χ0n) is 22.8. The molecule has 2 aliphatic rings. The van der Waals surface area contributed by atoms with Crippen molar-refractivity contribution in [2.24, 2.45) is 5.73 Å². The highest BCUT2D eigenvalue weighted by atomic mass is 19.1. The van der Waals surface area contributed by atoms with Crippen LogP contribution in [0.3, 0.4) is 0 Å². The largest absolute Gasteiger partial charge is 0.494 e. The lowest BCUT2D eigenvalue weighted by molar-refractivity contribution is 0.100. The van der Waals surface area contributed by atoms with E-state index in [0.29, 0.717) is 12.0 Å². The lowest BCUT2D eigenvalue weighted by Crippen LogP contribution is -2.42. The van der Waals surface area contributed by atoms with Crippen molar-refractivity contribution in [3.8, 4) is 17.0 Å². The lowest BCUT2D eigenvalue weighted by atomic mass is 9.79. The summed E-state index contributed by atoms with van der Waals surface area (Å²) in [7, 11) is 1.46. The number of imidazole rings is 1. The van der Waals surface area contributed by atoms with Gasteiger partial charge in [-0.3, -0.25) is 4.79 Å². The number of rotatable bonds is 6. The van der Waals surface area contributed by atoms with Crippen LogP contribution in [0.25, 0.3) is 22.9 Å². The average molecular weight is 539 g/mol. The fourth-order valence-corrected chi connectivity index (χ4v) is 5.69. The third kappa shape index (κ3) is 4.51. The Morgan fingerprint density at radius 2 is 1.82 bits per heavy atom. The molecule has 0 saturated carbocycles. The Balaban J connectivity index is 1.21. The summed E-state index contributed by atoms with van der Waals surface area (Å²) >= 11 is 0. The molecule has 0 atom stereocenters. The van der Waals surface area contributed by atoms with Gasteiger partial charge >= 0.3 is 0 Å². The Hall–Kier alpha value is -4.53. The van der Waals surface area contributed by atoms with Crippen LogP contribution in [0.5, 0.6) is 5.75 Å². The third-order valence-corrected chi connectivity index (χ3v) is 8.21. The van der Waals surface area contributed by atoms with Crippen molar-refractivity contribution < 1.29 is 13.9 Å². The number of carbonyl (C=O) groups excluding carboxylic acids is 1. The number of methoxy groups -OCH3 is 1. The van der Waals surface area contributed by atoms with Gasteiger partial charge in [-0.05, 0) is 67.3 Å². The molecule has 204 valence electrons. The number of benzene rings is 2. The number of fused-ring (bicyclic) bond motifs is 1. The summed E-state index contributed by atoms with van der Waals surface area (Å²) in [5, 5.41) is 0. The first-order valence-electron chi connectivity index (χ1n) is 13.4. The summed E-state index contributed by atoms with van der Waals surface area (Å²) in [4.78, 5) is 31.4. The third-order valence-electron chi connectivity index (χ3n) is 8.21. The standard InChI is InChI=1S/C31H31FN6O2/c1-18-27(21-8-9-26(40-3)24(32)15-21)37-30(36-18)31(2)10-12-38(13-11-31)29-23-14-22(16-25(23)34-17-35-29)19-4-6-20(7-5-19)28(33)39/h4-9,14-15,17H,10-13,16H2,1-3H3,(H2,33,39)(H,36,37). The van der Waals surface area contributed by atoms with Gasteiger partial charge in [-0.1, -0.05) is 19.1 Å². The van der Waals surface area contributed by atoms with Crippen LogP contribution in [0.4, 0.5) is 10.2 Å². The number of carbonyl (C=O) groups is 1. The molecule has 1 fully saturated rings. The Bertz CT molecular complexity index is 1630. The minimum atomic E-state index is -0.434. The Morgan fingerprint density at radius 3 is 2.50 bits per heavy atom. The van der Waals surface area contributed by atoms with Crippen molar-refractivity contribution in [1.82, 2.24) is 19.9 Å². The van der Waals surface area contributed by atoms with Gasteiger partial charge in [-0.25, -0.2) is 19.3 Å². The number of hydrogen-bond acceptors (Lipinski definition) is 6. The second-order valence-electron chi connectivity index (χ2n) is 10.8. The van der Waals surface area contributed by atoms with E-state index in [-0.39, 0.29) is 11.2 Å². The molecule has 3 N–H and O–H groups in total. The number of allylic oxidation sites excluding steroid dienone is 1. The number of halogens is 1. The average Bonchev–Trinajstić information content (AvgIpc) is 3.58. The summed E-state index contributed by atoms with van der Waals surface area (Å²) in [6.07, 6.45) is 6.30. The van der Waals surface area contributed by atoms with Crippen LogP contribution in [0.15, 0.2) is 48.8 Å². The number of piperidine rings is 1. The van der Waals surface area contributed by atoms with Crippen molar-refractivity contribution in [3.05, 3.63) is 88.5 Å². The maximum atomic E-state index is 14.4. The molecule has 1 amide bonds. The van der Waals surface area contributed by atoms with Crippen LogP contribution >= 0.6 is 0 Å². The quantitative estimate of drug-likeness (QED) is 0.354. The molecule has 2 aromatic carbocycles. The Labute approximate surface area is 232 Å². The number of amides is 1. The normalized spacial score (nSPS) is 16.0. The highest BCUT2D eigenvalue weighted by molar-refractivity contribution is 5.95. The van der Waals surface area contributed by atoms with Gasteiger partial charge in [-0.15, -0.1) is 0 Å². The first-order valence-corrected chi connectivity index (χ1v) is 13.4. The van der Waals surface area contributed by atoms with E-state index < -0.39 is 11.7 Å². The highest BCUT2D eigenvalue weighted by Gasteiger charge is 2.36. The van der Waals surface area contributed by atoms with Crippen LogP contribution < -0.4 is 15.4 Å². The van der Waals surface area contributed by atoms with Crippen molar-refractivity contribution >= 4 is 23.4 Å². The van der Waals surface area contributed by atoms with Gasteiger partial charge < -0.3 is 20.4 Å². The smallest absolute Gasteiger partial charge is 0.248 e. The molecule has 40 heavy (non-hydrogen) atoms. The zero-order valence-corrected chi connectivity index (χ0v) is 22.8. The number of aromatic nitrogens is 4. The lowest BCUT2D eigenvalue weighted by Gasteiger charge is -2.39. The van der Waals surface area contributed by atoms with E-state index in [1.165, 1.54) is 13.2 Å². The first-order chi connectivity index (χ1) is 19.3. The number of aromatic amines is 1. The Kier molecular flexibility index (Phi) is 6.37. The summed E-state index contributed by atoms with van der Waals surface area (Å²) in [5.41, 5.74) is 12.4. The molecule has 0 bridgehead atoms. The van der Waals surface area contributed by atoms with Gasteiger partial charge in [0.15, 0.2) is 11.6 Å². The van der Waals surface area contributed by atoms with Gasteiger partial charge in [0.25, 0.3) is 0 Å². The maximum Gasteiger partial charge on any atom is 0.248 e. The summed E-state index contributed by atoms with van der Waals surface area (Å²) in [6, 6.07) is 12.3. The number of aryl methyl sites for hydroxylation is 1. The molecule has 6 rings (SSSR count). The van der Waals surface area contributed by atoms with E-state index in [4.69, 9.17) is 15.5 Å². The summed E-state index contributed by atoms with van der Waals surface area (Å²) in [6.45, 7) is 5.85. The van der Waals surface area contributed by atoms with E-state index in [1.54, 1.807) is 24.5 Å². The van der Waals surface area contributed by atoms with Crippen molar-refractivity contribution in [1.29, 1.82) is 0 Å². The molecule has 3 heterocycles. The molecule has 0 unspecified atom stereocenters. The van der Waals surface area contributed by atoms with Gasteiger partial charge in [0, 0.05) is 47.3 Å². The van der Waals surface area contributed by atoms with E-state index in [9.17, 15) is 9.18 Å². The number of hydrogen-bond donors (Lipinski definition) is 2. The number of primary amides is 1. The number of nitrogens with one attached hydrogen (secondary N) is 1. The molecule has 9 heteroatoms. The van der Waals surface area contributed by atoms with Crippen LogP contribution in [0.1, 0.15) is 58.5 Å². The molecule has 1 aliphatic heterocycles. The molecular weight excluding hydrogens is 507 g/mol. The van der Waals surface area contributed by atoms with Crippen LogP contribution in [0, 0.1) is 12.7 Å². The Morgan fingerprint density at radius 1 is 1.10 bits per heavy atom. The highest BCUT2D eigenvalue weighted by Crippen LogP contribution is 2.40. The topological polar surface area (TPSA) is 110 Å². The number of nitrogens with zero attached hydrogens (tertiary/aromatic N) is 4. The molecule has 8 nitrogen and oxygen atoms in total. The predicted octanol–water partition coefficient (Wildman–Crippen LogP) is 5.08. The van der Waals surface area contributed by atoms with E-state index >= 15 is 0 Å². The second kappa shape index (κ2) is 9.89. The monoisotopic (exact) mass is 538 g/mol. The fraction of sp³-hybridized carbons (Fsp3) is 0.290. The number of anilines is 1. The molecule has 1 saturated heterocycles. The maximum absolute atomic E-state index is 14.4. The van der Waals surface area contributed by atoms with Gasteiger partial charge in [0.1, 0.15) is 18.0 Å². The summed E-state index contributed by atoms with van der Waals surface area (Å²) in [5.74, 6) is 1.25. The molecule has 0 radical (unpaired) electrons. The molecular formula is C31H31FN6O2. The van der Waals surface area contributed by atoms with Crippen molar-refractivity contribution in [3.63, 3.8) is 0 Å². The zero-order chi connectivity index (χ0) is 28.0. The second-order valence-corrected chi connectivity index (χ2v) is 10.8. The first kappa shape index (κ1) is 25.7. The minimum absolute atomic E-state index is 0.149. The molecule has 0 spiro atoms. The molecule has 4 aromatic rings. The van der Waals surface area contributed by atoms with E-state index in [1.807, 2.05) is 25.1 Å². The van der Waals surface area contributed by atoms with Crippen LogP contribution in [-0.2, 0) is 11.8 Å². The SMILES string of the molecule is COc1ccc(-c2nc(C3(C)CCN(c4ncnc5c4C=C(c4ccc(C(N)=O)cc4)C5)CC3)[nH]c2C)cc1F. The van der Waals surface area contributed by atoms with E-state index in [0.717, 1.165) is 76.9 Å². The van der Waals surface area contributed by atoms with Crippen LogP contribution in [-0.4, -0.2) is 46.0 Å². The van der Waals surface area contributed by atoms with Gasteiger partial charge in [-0.2, -0.15) is 0 Å². The fourth-order valence-electron chi connectivity index (χ4n) is 5.69. The van der Waals surface area contributed by atoms with E-state index in [2.05, 4.69) is 32.9 Å². The van der Waals surface area contributed by atoms with Gasteiger partial charge in [0.05, 0.1) is 18.5 Å². The summed E-state index contributed by atoms with van der Waals surface area (Å²) < 4.78 is 19.4. The van der Waals surface area contributed by atoms with Crippen molar-refractivity contribution in [2.75, 3.05) is 25.1 Å². The molecule has 2 aromatic heterocycles. The number of ether oxygens (including phenoxy) is 1. The minimum Gasteiger partial charge on any atom is -0.494 e. The molecule has 1 aliphatic carbocycles. The number of nitrogens with two attached hydrogens (primary N) is 1. The van der Waals surface area contributed by atoms with Crippen molar-refractivity contribution in [2.45, 2.75) is 38.5 Å². The predicted molar refractivity (Wildman–Crippen MR) is 153 cm³/mol. The number of H-pyrrole nitrogens is 1. The van der Waals surface area contributed by atoms with Crippen LogP contribution in [0.2, 0.25) is 0 Å².